The monoisotopic (exact) mass is 473 g/mol. The molecule has 0 atom stereocenters. The molecule has 2 aromatic carbocycles. The van der Waals surface area contributed by atoms with Gasteiger partial charge in [-0.15, -0.1) is 0 Å². The highest BCUT2D eigenvalue weighted by atomic mass is 127. The lowest BCUT2D eigenvalue weighted by Gasteiger charge is -2.32. The van der Waals surface area contributed by atoms with Crippen LogP contribution in [0.4, 0.5) is 0 Å². The lowest BCUT2D eigenvalue weighted by atomic mass is 10.1. The van der Waals surface area contributed by atoms with Crippen molar-refractivity contribution in [3.63, 3.8) is 0 Å². The van der Waals surface area contributed by atoms with Crippen LogP contribution in [0.2, 0.25) is 5.02 Å². The first-order valence-corrected chi connectivity index (χ1v) is 8.74. The van der Waals surface area contributed by atoms with Crippen molar-refractivity contribution in [1.29, 1.82) is 0 Å². The topological polar surface area (TPSA) is 26.3 Å². The average molecular weight is 474 g/mol. The molecular weight excluding hydrogens is 449 g/mol. The second kappa shape index (κ2) is 10.1. The maximum atomic E-state index is 12.1. The van der Waals surface area contributed by atoms with Crippen molar-refractivity contribution in [3.05, 3.63) is 64.7 Å². The van der Waals surface area contributed by atoms with Crippen LogP contribution in [0.25, 0.3) is 0 Å². The van der Waals surface area contributed by atoms with E-state index in [2.05, 4.69) is 20.9 Å². The van der Waals surface area contributed by atoms with Crippen LogP contribution >= 0.6 is 11.6 Å². The van der Waals surface area contributed by atoms with E-state index in [1.807, 2.05) is 24.3 Å². The third kappa shape index (κ3) is 6.28. The van der Waals surface area contributed by atoms with Gasteiger partial charge in [-0.2, -0.15) is 0 Å². The van der Waals surface area contributed by atoms with Gasteiger partial charge in [0.2, 0.25) is 0 Å². The van der Waals surface area contributed by atoms with Gasteiger partial charge in [0.05, 0.1) is 37.3 Å². The van der Waals surface area contributed by atoms with E-state index in [9.17, 15) is 4.79 Å². The molecule has 0 aliphatic rings. The molecule has 25 heavy (non-hydrogen) atoms. The van der Waals surface area contributed by atoms with Crippen LogP contribution in [0, 0.1) is 0 Å². The Morgan fingerprint density at radius 1 is 1.04 bits per heavy atom. The van der Waals surface area contributed by atoms with E-state index in [1.165, 1.54) is 5.56 Å². The molecule has 2 rings (SSSR count). The summed E-state index contributed by atoms with van der Waals surface area (Å²) < 4.78 is 6.46. The van der Waals surface area contributed by atoms with E-state index in [0.717, 1.165) is 30.5 Å². The van der Waals surface area contributed by atoms with Gasteiger partial charge in [-0.05, 0) is 43.7 Å². The number of nitrogens with zero attached hydrogens (tertiary/aromatic N) is 1. The minimum atomic E-state index is -0.436. The number of carbonyl (C=O) groups excluding carboxylic acids is 1. The van der Waals surface area contributed by atoms with E-state index >= 15 is 0 Å². The van der Waals surface area contributed by atoms with Gasteiger partial charge in [-0.1, -0.05) is 35.9 Å². The molecular formula is C20H25ClINO2. The number of hydrogen-bond donors (Lipinski definition) is 0. The smallest absolute Gasteiger partial charge is 0.345 e. The van der Waals surface area contributed by atoms with Crippen molar-refractivity contribution in [3.8, 4) is 5.75 Å². The van der Waals surface area contributed by atoms with Gasteiger partial charge in [-0.3, -0.25) is 0 Å². The number of ether oxygens (including phenoxy) is 1. The highest BCUT2D eigenvalue weighted by Gasteiger charge is 2.16. The van der Waals surface area contributed by atoms with Crippen molar-refractivity contribution in [2.75, 3.05) is 26.7 Å². The number of likely N-dealkylation sites (N-methyl/N-ethyl adjacent to an activating group) is 1. The fraction of sp³-hybridized carbons (Fsp3) is 0.350. The first-order chi connectivity index (χ1) is 11.5. The van der Waals surface area contributed by atoms with Gasteiger partial charge >= 0.3 is 5.97 Å². The number of carbonyl (C=O) groups is 1. The van der Waals surface area contributed by atoms with Gasteiger partial charge in [0.1, 0.15) is 5.75 Å². The Labute approximate surface area is 172 Å². The number of rotatable bonds is 7. The Bertz CT molecular complexity index is 684. The number of benzene rings is 2. The normalized spacial score (nSPS) is 10.9. The molecule has 0 spiro atoms. The SMILES string of the molecule is CC[N+](C)(CC)CCc1ccc(OC(=O)c2ccccc2Cl)cc1.[I-]. The van der Waals surface area contributed by atoms with Crippen LogP contribution in [-0.2, 0) is 6.42 Å². The molecule has 0 fully saturated rings. The van der Waals surface area contributed by atoms with Crippen molar-refractivity contribution < 1.29 is 38.0 Å². The lowest BCUT2D eigenvalue weighted by molar-refractivity contribution is -0.905. The van der Waals surface area contributed by atoms with Gasteiger partial charge in [0.15, 0.2) is 0 Å². The summed E-state index contributed by atoms with van der Waals surface area (Å²) in [6.07, 6.45) is 1.01. The average Bonchev–Trinajstić information content (AvgIpc) is 2.61. The third-order valence-corrected chi connectivity index (χ3v) is 5.02. The number of hydrogen-bond acceptors (Lipinski definition) is 2. The van der Waals surface area contributed by atoms with E-state index in [-0.39, 0.29) is 24.0 Å². The minimum absolute atomic E-state index is 0. The highest BCUT2D eigenvalue weighted by Crippen LogP contribution is 2.19. The predicted octanol–water partition coefficient (Wildman–Crippen LogP) is 1.59. The number of quaternary nitrogens is 1. The molecule has 136 valence electrons. The maximum absolute atomic E-state index is 12.1. The van der Waals surface area contributed by atoms with Crippen LogP contribution < -0.4 is 28.7 Å². The van der Waals surface area contributed by atoms with Crippen LogP contribution in [0.15, 0.2) is 48.5 Å². The Morgan fingerprint density at radius 2 is 1.64 bits per heavy atom. The Hall–Kier alpha value is -1.11. The molecule has 0 saturated heterocycles. The highest BCUT2D eigenvalue weighted by molar-refractivity contribution is 6.33. The summed E-state index contributed by atoms with van der Waals surface area (Å²) in [5.41, 5.74) is 1.63. The molecule has 0 aromatic heterocycles. The first-order valence-electron chi connectivity index (χ1n) is 8.36. The quantitative estimate of drug-likeness (QED) is 0.264. The molecule has 5 heteroatoms. The predicted molar refractivity (Wildman–Crippen MR) is 98.7 cm³/mol. The van der Waals surface area contributed by atoms with Gasteiger partial charge < -0.3 is 33.2 Å². The molecule has 0 radical (unpaired) electrons. The fourth-order valence-corrected chi connectivity index (χ4v) is 2.66. The van der Waals surface area contributed by atoms with E-state index in [4.69, 9.17) is 16.3 Å². The van der Waals surface area contributed by atoms with Crippen molar-refractivity contribution in [1.82, 2.24) is 0 Å². The molecule has 0 N–H and O–H groups in total. The summed E-state index contributed by atoms with van der Waals surface area (Å²) in [6.45, 7) is 7.81. The molecule has 0 heterocycles. The third-order valence-electron chi connectivity index (χ3n) is 4.69. The zero-order chi connectivity index (χ0) is 17.6. The standard InChI is InChI=1S/C20H25ClNO2.HI/c1-4-22(3,5-2)15-14-16-10-12-17(13-11-16)24-20(23)18-8-6-7-9-19(18)21;/h6-13H,4-5,14-15H2,1-3H3;1H/q+1;/p-1. The van der Waals surface area contributed by atoms with Crippen LogP contribution in [0.3, 0.4) is 0 Å². The van der Waals surface area contributed by atoms with E-state index < -0.39 is 5.97 Å². The molecule has 3 nitrogen and oxygen atoms in total. The number of esters is 1. The fourth-order valence-electron chi connectivity index (χ4n) is 2.45. The van der Waals surface area contributed by atoms with Crippen LogP contribution in [-0.4, -0.2) is 37.1 Å². The minimum Gasteiger partial charge on any atom is -1.00 e. The first kappa shape index (κ1) is 21.9. The molecule has 0 amide bonds. The number of halogens is 2. The molecule has 0 aliphatic heterocycles. The van der Waals surface area contributed by atoms with Crippen molar-refractivity contribution >= 4 is 17.6 Å². The van der Waals surface area contributed by atoms with Gasteiger partial charge in [0.25, 0.3) is 0 Å². The second-order valence-corrected chi connectivity index (χ2v) is 6.65. The molecule has 0 saturated carbocycles. The largest absolute Gasteiger partial charge is 1.00 e. The Morgan fingerprint density at radius 3 is 2.20 bits per heavy atom. The van der Waals surface area contributed by atoms with Crippen LogP contribution in [0.1, 0.15) is 29.8 Å². The van der Waals surface area contributed by atoms with E-state index in [1.54, 1.807) is 24.3 Å². The van der Waals surface area contributed by atoms with E-state index in [0.29, 0.717) is 16.3 Å². The lowest BCUT2D eigenvalue weighted by Crippen LogP contribution is -3.00. The summed E-state index contributed by atoms with van der Waals surface area (Å²) in [6, 6.07) is 14.6. The zero-order valence-corrected chi connectivity index (χ0v) is 17.9. The molecule has 0 bridgehead atoms. The summed E-state index contributed by atoms with van der Waals surface area (Å²) >= 11 is 6.02. The summed E-state index contributed by atoms with van der Waals surface area (Å²) in [5.74, 6) is 0.0986. The molecule has 0 unspecified atom stereocenters. The molecule has 2 aromatic rings. The Balaban J connectivity index is 0.00000312. The maximum Gasteiger partial charge on any atom is 0.345 e. The zero-order valence-electron chi connectivity index (χ0n) is 15.0. The van der Waals surface area contributed by atoms with Crippen molar-refractivity contribution in [2.24, 2.45) is 0 Å². The summed E-state index contributed by atoms with van der Waals surface area (Å²) in [5, 5.41) is 0.398. The Kier molecular flexibility index (Phi) is 8.89. The van der Waals surface area contributed by atoms with Crippen LogP contribution in [0.5, 0.6) is 5.75 Å². The molecule has 0 aliphatic carbocycles. The van der Waals surface area contributed by atoms with Gasteiger partial charge in [-0.25, -0.2) is 4.79 Å². The summed E-state index contributed by atoms with van der Waals surface area (Å²) in [4.78, 5) is 12.1. The summed E-state index contributed by atoms with van der Waals surface area (Å²) in [7, 11) is 2.28. The van der Waals surface area contributed by atoms with Crippen molar-refractivity contribution in [2.45, 2.75) is 20.3 Å². The van der Waals surface area contributed by atoms with Gasteiger partial charge in [0, 0.05) is 6.42 Å². The second-order valence-electron chi connectivity index (χ2n) is 6.24.